The maximum atomic E-state index is 12.2. The number of rotatable bonds is 2. The molecule has 1 unspecified atom stereocenters. The van der Waals surface area contributed by atoms with Gasteiger partial charge in [-0.3, -0.25) is 0 Å². The Morgan fingerprint density at radius 3 is 2.80 bits per heavy atom. The predicted molar refractivity (Wildman–Crippen MR) is 74.9 cm³/mol. The number of carboxylic acids is 1. The lowest BCUT2D eigenvalue weighted by atomic mass is 10.1. The summed E-state index contributed by atoms with van der Waals surface area (Å²) in [6.45, 7) is 2.81. The van der Waals surface area contributed by atoms with E-state index >= 15 is 0 Å². The van der Waals surface area contributed by atoms with Gasteiger partial charge in [0.1, 0.15) is 5.69 Å². The zero-order valence-electron chi connectivity index (χ0n) is 11.5. The van der Waals surface area contributed by atoms with E-state index in [9.17, 15) is 9.59 Å². The minimum Gasteiger partial charge on any atom is -0.477 e. The fourth-order valence-corrected chi connectivity index (χ4v) is 2.37. The van der Waals surface area contributed by atoms with Gasteiger partial charge in [-0.2, -0.15) is 0 Å². The maximum absolute atomic E-state index is 12.2. The van der Waals surface area contributed by atoms with E-state index in [0.29, 0.717) is 5.69 Å². The molecule has 1 atom stereocenters. The first-order valence-electron chi connectivity index (χ1n) is 6.85. The molecule has 0 aromatic carbocycles. The Kier molecular flexibility index (Phi) is 4.55. The Morgan fingerprint density at radius 2 is 2.15 bits per heavy atom. The molecule has 0 saturated carbocycles. The van der Waals surface area contributed by atoms with Crippen LogP contribution in [-0.2, 0) is 0 Å². The summed E-state index contributed by atoms with van der Waals surface area (Å²) in [6, 6.07) is 3.01. The molecule has 1 saturated heterocycles. The first-order chi connectivity index (χ1) is 9.58. The number of aromatic carboxylic acids is 1. The molecule has 2 rings (SSSR count). The van der Waals surface area contributed by atoms with Crippen LogP contribution in [0.5, 0.6) is 0 Å². The topological polar surface area (TPSA) is 82.5 Å². The van der Waals surface area contributed by atoms with Crippen molar-refractivity contribution in [3.8, 4) is 0 Å². The molecule has 1 fully saturated rings. The first-order valence-corrected chi connectivity index (χ1v) is 6.85. The molecule has 0 aliphatic carbocycles. The van der Waals surface area contributed by atoms with Crippen LogP contribution in [0.25, 0.3) is 0 Å². The summed E-state index contributed by atoms with van der Waals surface area (Å²) < 4.78 is 0. The summed E-state index contributed by atoms with van der Waals surface area (Å²) in [6.07, 6.45) is 5.71. The number of nitrogens with zero attached hydrogens (tertiary/aromatic N) is 2. The van der Waals surface area contributed by atoms with Gasteiger partial charge < -0.3 is 15.3 Å². The van der Waals surface area contributed by atoms with Gasteiger partial charge in [-0.25, -0.2) is 14.6 Å². The van der Waals surface area contributed by atoms with Crippen molar-refractivity contribution in [2.45, 2.75) is 38.6 Å². The van der Waals surface area contributed by atoms with Gasteiger partial charge in [0.05, 0.1) is 11.9 Å². The van der Waals surface area contributed by atoms with Gasteiger partial charge in [0, 0.05) is 12.6 Å². The molecule has 0 bridgehead atoms. The number of aromatic nitrogens is 1. The quantitative estimate of drug-likeness (QED) is 0.870. The number of hydrogen-bond acceptors (Lipinski definition) is 3. The van der Waals surface area contributed by atoms with Gasteiger partial charge in [-0.15, -0.1) is 0 Å². The van der Waals surface area contributed by atoms with Crippen molar-refractivity contribution in [1.29, 1.82) is 0 Å². The highest BCUT2D eigenvalue weighted by Gasteiger charge is 2.21. The summed E-state index contributed by atoms with van der Waals surface area (Å²) in [5.41, 5.74) is 0.475. The Bertz CT molecular complexity index is 487. The van der Waals surface area contributed by atoms with Gasteiger partial charge in [0.2, 0.25) is 0 Å². The van der Waals surface area contributed by atoms with Crippen molar-refractivity contribution in [3.63, 3.8) is 0 Å². The lowest BCUT2D eigenvalue weighted by Gasteiger charge is -2.27. The van der Waals surface area contributed by atoms with Crippen LogP contribution >= 0.6 is 0 Å². The number of likely N-dealkylation sites (tertiary alicyclic amines) is 1. The van der Waals surface area contributed by atoms with Crippen LogP contribution in [0, 0.1) is 0 Å². The fourth-order valence-electron chi connectivity index (χ4n) is 2.37. The smallest absolute Gasteiger partial charge is 0.354 e. The summed E-state index contributed by atoms with van der Waals surface area (Å²) in [7, 11) is 0. The average molecular weight is 277 g/mol. The van der Waals surface area contributed by atoms with Crippen LogP contribution in [0.15, 0.2) is 18.3 Å². The second-order valence-corrected chi connectivity index (χ2v) is 5.06. The van der Waals surface area contributed by atoms with Gasteiger partial charge in [-0.05, 0) is 31.9 Å². The Balaban J connectivity index is 2.01. The summed E-state index contributed by atoms with van der Waals surface area (Å²) in [4.78, 5) is 28.5. The SMILES string of the molecule is CC1CCCCCN1C(=O)Nc1ccc(C(=O)O)nc1. The summed E-state index contributed by atoms with van der Waals surface area (Å²) in [5, 5.41) is 11.5. The van der Waals surface area contributed by atoms with Crippen molar-refractivity contribution < 1.29 is 14.7 Å². The van der Waals surface area contributed by atoms with E-state index in [1.807, 2.05) is 4.90 Å². The third-order valence-electron chi connectivity index (χ3n) is 3.55. The Morgan fingerprint density at radius 1 is 1.35 bits per heavy atom. The molecule has 6 nitrogen and oxygen atoms in total. The van der Waals surface area contributed by atoms with Gasteiger partial charge >= 0.3 is 12.0 Å². The molecule has 20 heavy (non-hydrogen) atoms. The molecular formula is C14H19N3O3. The van der Waals surface area contributed by atoms with Crippen molar-refractivity contribution in [1.82, 2.24) is 9.88 Å². The molecule has 2 N–H and O–H groups in total. The molecule has 1 aliphatic heterocycles. The number of hydrogen-bond donors (Lipinski definition) is 2. The number of pyridine rings is 1. The number of carbonyl (C=O) groups excluding carboxylic acids is 1. The number of nitrogens with one attached hydrogen (secondary N) is 1. The molecule has 0 radical (unpaired) electrons. The van der Waals surface area contributed by atoms with E-state index in [-0.39, 0.29) is 17.8 Å². The third-order valence-corrected chi connectivity index (χ3v) is 3.55. The van der Waals surface area contributed by atoms with Gasteiger partial charge in [0.15, 0.2) is 0 Å². The van der Waals surface area contributed by atoms with Crippen molar-refractivity contribution in [3.05, 3.63) is 24.0 Å². The number of carboxylic acid groups (broad SMARTS) is 1. The first kappa shape index (κ1) is 14.3. The second-order valence-electron chi connectivity index (χ2n) is 5.06. The summed E-state index contributed by atoms with van der Waals surface area (Å²) >= 11 is 0. The highest BCUT2D eigenvalue weighted by Crippen LogP contribution is 2.17. The van der Waals surface area contributed by atoms with E-state index in [4.69, 9.17) is 5.11 Å². The molecule has 0 spiro atoms. The van der Waals surface area contributed by atoms with Crippen LogP contribution in [0.3, 0.4) is 0 Å². The average Bonchev–Trinajstić information content (AvgIpc) is 2.64. The fraction of sp³-hybridized carbons (Fsp3) is 0.500. The molecule has 2 amide bonds. The van der Waals surface area contributed by atoms with Crippen LogP contribution in [0.1, 0.15) is 43.1 Å². The van der Waals surface area contributed by atoms with E-state index in [0.717, 1.165) is 32.2 Å². The maximum Gasteiger partial charge on any atom is 0.354 e. The largest absolute Gasteiger partial charge is 0.477 e. The number of carbonyl (C=O) groups is 2. The Hall–Kier alpha value is -2.11. The van der Waals surface area contributed by atoms with Crippen molar-refractivity contribution in [2.24, 2.45) is 0 Å². The normalized spacial score (nSPS) is 19.2. The standard InChI is InChI=1S/C14H19N3O3/c1-10-5-3-2-4-8-17(10)14(20)16-11-6-7-12(13(18)19)15-9-11/h6-7,9-10H,2-5,8H2,1H3,(H,16,20)(H,18,19). The molecule has 6 heteroatoms. The van der Waals surface area contributed by atoms with E-state index in [2.05, 4.69) is 17.2 Å². The highest BCUT2D eigenvalue weighted by molar-refractivity contribution is 5.90. The number of amides is 2. The van der Waals surface area contributed by atoms with Crippen LogP contribution in [0.4, 0.5) is 10.5 Å². The van der Waals surface area contributed by atoms with Gasteiger partial charge in [0.25, 0.3) is 0 Å². The van der Waals surface area contributed by atoms with Crippen molar-refractivity contribution >= 4 is 17.7 Å². The number of urea groups is 1. The highest BCUT2D eigenvalue weighted by atomic mass is 16.4. The molecule has 1 aromatic heterocycles. The monoisotopic (exact) mass is 277 g/mol. The van der Waals surface area contributed by atoms with E-state index < -0.39 is 5.97 Å². The summed E-state index contributed by atoms with van der Waals surface area (Å²) in [5.74, 6) is -1.08. The third kappa shape index (κ3) is 3.46. The predicted octanol–water partition coefficient (Wildman–Crippen LogP) is 2.58. The molecular weight excluding hydrogens is 258 g/mol. The zero-order chi connectivity index (χ0) is 14.5. The minimum absolute atomic E-state index is 0.0360. The molecule has 108 valence electrons. The van der Waals surface area contributed by atoms with Crippen LogP contribution in [0.2, 0.25) is 0 Å². The van der Waals surface area contributed by atoms with Crippen LogP contribution in [-0.4, -0.2) is 39.6 Å². The van der Waals surface area contributed by atoms with Crippen LogP contribution < -0.4 is 5.32 Å². The van der Waals surface area contributed by atoms with E-state index in [1.165, 1.54) is 12.3 Å². The zero-order valence-corrected chi connectivity index (χ0v) is 11.5. The second kappa shape index (κ2) is 6.36. The number of anilines is 1. The lowest BCUT2D eigenvalue weighted by Crippen LogP contribution is -2.41. The molecule has 1 aliphatic rings. The van der Waals surface area contributed by atoms with E-state index in [1.54, 1.807) is 6.07 Å². The van der Waals surface area contributed by atoms with Crippen molar-refractivity contribution in [2.75, 3.05) is 11.9 Å². The molecule has 1 aromatic rings. The lowest BCUT2D eigenvalue weighted by molar-refractivity contribution is 0.0690. The molecule has 2 heterocycles. The Labute approximate surface area is 117 Å². The van der Waals surface area contributed by atoms with Gasteiger partial charge in [-0.1, -0.05) is 12.8 Å². The minimum atomic E-state index is -1.08.